The van der Waals surface area contributed by atoms with E-state index >= 15 is 0 Å². The van der Waals surface area contributed by atoms with Crippen LogP contribution in [0, 0.1) is 0 Å². The monoisotopic (exact) mass is 251 g/mol. The number of nitrogens with two attached hydrogens (primary N) is 1. The van der Waals surface area contributed by atoms with E-state index in [0.717, 1.165) is 32.2 Å². The predicted octanol–water partition coefficient (Wildman–Crippen LogP) is 0.977. The van der Waals surface area contributed by atoms with E-state index in [0.29, 0.717) is 6.42 Å². The van der Waals surface area contributed by atoms with Crippen molar-refractivity contribution in [3.63, 3.8) is 0 Å². The summed E-state index contributed by atoms with van der Waals surface area (Å²) in [7, 11) is 0. The SMILES string of the molecule is C=CCC(N)C(=O)N1CCN(C2CCCC2)CC1. The molecule has 0 bridgehead atoms. The van der Waals surface area contributed by atoms with E-state index in [2.05, 4.69) is 11.5 Å². The average Bonchev–Trinajstić information content (AvgIpc) is 2.92. The van der Waals surface area contributed by atoms with E-state index in [1.165, 1.54) is 25.7 Å². The highest BCUT2D eigenvalue weighted by molar-refractivity contribution is 5.81. The van der Waals surface area contributed by atoms with Crippen molar-refractivity contribution in [2.24, 2.45) is 5.73 Å². The molecule has 18 heavy (non-hydrogen) atoms. The van der Waals surface area contributed by atoms with Crippen LogP contribution in [0.1, 0.15) is 32.1 Å². The summed E-state index contributed by atoms with van der Waals surface area (Å²) in [6.07, 6.45) is 7.70. The molecule has 2 N–H and O–H groups in total. The van der Waals surface area contributed by atoms with Gasteiger partial charge in [-0.15, -0.1) is 6.58 Å². The molecule has 1 atom stereocenters. The maximum Gasteiger partial charge on any atom is 0.239 e. The summed E-state index contributed by atoms with van der Waals surface area (Å²) in [5.41, 5.74) is 5.84. The lowest BCUT2D eigenvalue weighted by Gasteiger charge is -2.38. The molecule has 1 unspecified atom stereocenters. The first-order valence-corrected chi connectivity index (χ1v) is 7.11. The predicted molar refractivity (Wildman–Crippen MR) is 73.2 cm³/mol. The molecule has 2 aliphatic rings. The van der Waals surface area contributed by atoms with Crippen molar-refractivity contribution in [2.75, 3.05) is 26.2 Å². The van der Waals surface area contributed by atoms with Gasteiger partial charge >= 0.3 is 0 Å². The zero-order valence-corrected chi connectivity index (χ0v) is 11.2. The van der Waals surface area contributed by atoms with Crippen LogP contribution in [0.3, 0.4) is 0 Å². The van der Waals surface area contributed by atoms with Crippen LogP contribution in [0.15, 0.2) is 12.7 Å². The van der Waals surface area contributed by atoms with Gasteiger partial charge in [0.15, 0.2) is 0 Å². The lowest BCUT2D eigenvalue weighted by molar-refractivity contribution is -0.134. The van der Waals surface area contributed by atoms with E-state index in [1.54, 1.807) is 6.08 Å². The molecular formula is C14H25N3O. The molecule has 1 aliphatic heterocycles. The minimum absolute atomic E-state index is 0.0842. The van der Waals surface area contributed by atoms with E-state index in [4.69, 9.17) is 5.73 Å². The molecule has 1 saturated carbocycles. The van der Waals surface area contributed by atoms with Gasteiger partial charge in [-0.3, -0.25) is 9.69 Å². The standard InChI is InChI=1S/C14H25N3O/c1-2-5-13(15)14(18)17-10-8-16(9-11-17)12-6-3-4-7-12/h2,12-13H,1,3-11,15H2. The number of nitrogens with zero attached hydrogens (tertiary/aromatic N) is 2. The summed E-state index contributed by atoms with van der Waals surface area (Å²) < 4.78 is 0. The van der Waals surface area contributed by atoms with Crippen LogP contribution in [0.5, 0.6) is 0 Å². The Hall–Kier alpha value is -0.870. The van der Waals surface area contributed by atoms with Crippen LogP contribution in [-0.2, 0) is 4.79 Å². The molecule has 0 spiro atoms. The summed E-state index contributed by atoms with van der Waals surface area (Å²) in [6.45, 7) is 7.32. The third kappa shape index (κ3) is 3.12. The first-order valence-electron chi connectivity index (χ1n) is 7.11. The van der Waals surface area contributed by atoms with Crippen LogP contribution in [0.2, 0.25) is 0 Å². The Kier molecular flexibility index (Phi) is 4.78. The normalized spacial score (nSPS) is 24.2. The summed E-state index contributed by atoms with van der Waals surface area (Å²) in [6, 6.07) is 0.365. The number of amides is 1. The van der Waals surface area contributed by atoms with Crippen molar-refractivity contribution >= 4 is 5.91 Å². The Bertz CT molecular complexity index is 291. The van der Waals surface area contributed by atoms with Gasteiger partial charge in [0.1, 0.15) is 0 Å². The quantitative estimate of drug-likeness (QED) is 0.758. The van der Waals surface area contributed by atoms with Gasteiger partial charge < -0.3 is 10.6 Å². The molecule has 1 saturated heterocycles. The van der Waals surface area contributed by atoms with Gasteiger partial charge in [-0.2, -0.15) is 0 Å². The molecule has 1 amide bonds. The highest BCUT2D eigenvalue weighted by Crippen LogP contribution is 2.24. The topological polar surface area (TPSA) is 49.6 Å². The van der Waals surface area contributed by atoms with Crippen molar-refractivity contribution in [1.29, 1.82) is 0 Å². The van der Waals surface area contributed by atoms with Gasteiger partial charge in [-0.1, -0.05) is 18.9 Å². The molecule has 2 fully saturated rings. The Morgan fingerprint density at radius 1 is 1.28 bits per heavy atom. The lowest BCUT2D eigenvalue weighted by Crippen LogP contribution is -2.54. The van der Waals surface area contributed by atoms with Crippen LogP contribution >= 0.6 is 0 Å². The molecule has 2 rings (SSSR count). The number of carbonyl (C=O) groups is 1. The Labute approximate surface area is 110 Å². The third-order valence-electron chi connectivity index (χ3n) is 4.20. The highest BCUT2D eigenvalue weighted by Gasteiger charge is 2.29. The maximum absolute atomic E-state index is 12.1. The summed E-state index contributed by atoms with van der Waals surface area (Å²) in [4.78, 5) is 16.5. The largest absolute Gasteiger partial charge is 0.339 e. The number of hydrogen-bond acceptors (Lipinski definition) is 3. The van der Waals surface area contributed by atoms with Crippen LogP contribution in [-0.4, -0.2) is 54.0 Å². The lowest BCUT2D eigenvalue weighted by atomic mass is 10.1. The summed E-state index contributed by atoms with van der Waals surface area (Å²) in [5.74, 6) is 0.0842. The van der Waals surface area contributed by atoms with Crippen molar-refractivity contribution in [1.82, 2.24) is 9.80 Å². The number of piperazine rings is 1. The third-order valence-corrected chi connectivity index (χ3v) is 4.20. The van der Waals surface area contributed by atoms with Gasteiger partial charge in [0.25, 0.3) is 0 Å². The molecule has 0 aromatic rings. The Morgan fingerprint density at radius 3 is 2.44 bits per heavy atom. The first kappa shape index (κ1) is 13.6. The van der Waals surface area contributed by atoms with Gasteiger partial charge in [0.05, 0.1) is 6.04 Å². The maximum atomic E-state index is 12.1. The zero-order chi connectivity index (χ0) is 13.0. The van der Waals surface area contributed by atoms with Crippen molar-refractivity contribution in [3.05, 3.63) is 12.7 Å². The van der Waals surface area contributed by atoms with E-state index in [9.17, 15) is 4.79 Å². The second-order valence-corrected chi connectivity index (χ2v) is 5.43. The fourth-order valence-corrected chi connectivity index (χ4v) is 3.09. The molecule has 0 aromatic heterocycles. The number of carbonyl (C=O) groups excluding carboxylic acids is 1. The fraction of sp³-hybridized carbons (Fsp3) is 0.786. The molecule has 0 aromatic carbocycles. The molecular weight excluding hydrogens is 226 g/mol. The molecule has 4 nitrogen and oxygen atoms in total. The molecule has 0 radical (unpaired) electrons. The fourth-order valence-electron chi connectivity index (χ4n) is 3.09. The molecule has 1 heterocycles. The number of hydrogen-bond donors (Lipinski definition) is 1. The minimum Gasteiger partial charge on any atom is -0.339 e. The minimum atomic E-state index is -0.402. The molecule has 1 aliphatic carbocycles. The first-order chi connectivity index (χ1) is 8.72. The van der Waals surface area contributed by atoms with Gasteiger partial charge in [-0.25, -0.2) is 0 Å². The zero-order valence-electron chi connectivity index (χ0n) is 11.2. The second-order valence-electron chi connectivity index (χ2n) is 5.43. The average molecular weight is 251 g/mol. The second kappa shape index (κ2) is 6.34. The Morgan fingerprint density at radius 2 is 1.89 bits per heavy atom. The van der Waals surface area contributed by atoms with E-state index < -0.39 is 6.04 Å². The highest BCUT2D eigenvalue weighted by atomic mass is 16.2. The van der Waals surface area contributed by atoms with E-state index in [1.807, 2.05) is 4.90 Å². The molecule has 4 heteroatoms. The van der Waals surface area contributed by atoms with E-state index in [-0.39, 0.29) is 5.91 Å². The summed E-state index contributed by atoms with van der Waals surface area (Å²) in [5, 5.41) is 0. The van der Waals surface area contributed by atoms with Gasteiger partial charge in [0, 0.05) is 32.2 Å². The van der Waals surface area contributed by atoms with Crippen LogP contribution in [0.25, 0.3) is 0 Å². The van der Waals surface area contributed by atoms with Crippen LogP contribution < -0.4 is 5.73 Å². The van der Waals surface area contributed by atoms with Gasteiger partial charge in [0.2, 0.25) is 5.91 Å². The summed E-state index contributed by atoms with van der Waals surface area (Å²) >= 11 is 0. The van der Waals surface area contributed by atoms with Crippen molar-refractivity contribution < 1.29 is 4.79 Å². The van der Waals surface area contributed by atoms with Crippen molar-refractivity contribution in [3.8, 4) is 0 Å². The Balaban J connectivity index is 1.78. The van der Waals surface area contributed by atoms with Gasteiger partial charge in [-0.05, 0) is 19.3 Å². The van der Waals surface area contributed by atoms with Crippen LogP contribution in [0.4, 0.5) is 0 Å². The smallest absolute Gasteiger partial charge is 0.239 e. The number of rotatable bonds is 4. The molecule has 102 valence electrons. The van der Waals surface area contributed by atoms with Crippen molar-refractivity contribution in [2.45, 2.75) is 44.2 Å².